The van der Waals surface area contributed by atoms with Crippen LogP contribution in [0.2, 0.25) is 0 Å². The molecule has 6 nitrogen and oxygen atoms in total. The fraction of sp³-hybridized carbons (Fsp3) is 0.333. The lowest BCUT2D eigenvalue weighted by Crippen LogP contribution is -2.43. The largest absolute Gasteiger partial charge is 0.456 e. The molecular weight excluding hydrogens is 375 g/mol. The van der Waals surface area contributed by atoms with E-state index >= 15 is 0 Å². The molecule has 0 bridgehead atoms. The second kappa shape index (κ2) is 8.29. The zero-order valence-corrected chi connectivity index (χ0v) is 17.1. The van der Waals surface area contributed by atoms with Gasteiger partial charge in [0.05, 0.1) is 19.5 Å². The number of carbonyl (C=O) groups is 2. The Morgan fingerprint density at radius 3 is 2.39 bits per heavy atom. The van der Waals surface area contributed by atoms with Crippen LogP contribution in [0.15, 0.2) is 46.9 Å². The molecule has 1 aliphatic rings. The quantitative estimate of drug-likeness (QED) is 0.648. The molecule has 0 unspecified atom stereocenters. The summed E-state index contributed by atoms with van der Waals surface area (Å²) in [7, 11) is -2.71. The number of fused-ring (bicyclic) bond motifs is 3. The maximum Gasteiger partial charge on any atom is 0.386 e. The Labute approximate surface area is 164 Å². The standard InChI is InChI=1S/C19H19N2O4P.C2H6/c20-19(23)26(24)9-7-21(8-10-26)18(22)12-13-5-6-17-15(11-13)14-3-1-2-4-16(14)25-17;1-2/h1-6,11,24H,7-10,12H2,(H-,20,23);1-2H3/p+1. The molecule has 2 heterocycles. The average molecular weight is 401 g/mol. The lowest BCUT2D eigenvalue weighted by atomic mass is 10.1. The van der Waals surface area contributed by atoms with Gasteiger partial charge in [0.15, 0.2) is 0 Å². The molecule has 2 amide bonds. The van der Waals surface area contributed by atoms with E-state index in [0.29, 0.717) is 25.4 Å². The van der Waals surface area contributed by atoms with Gasteiger partial charge in [-0.3, -0.25) is 4.79 Å². The highest BCUT2D eigenvalue weighted by atomic mass is 31.2. The number of para-hydroxylation sites is 1. The van der Waals surface area contributed by atoms with Gasteiger partial charge in [0.25, 0.3) is 0 Å². The topological polar surface area (TPSA) is 96.8 Å². The number of primary amides is 1. The number of rotatable bonds is 3. The van der Waals surface area contributed by atoms with Gasteiger partial charge >= 0.3 is 5.65 Å². The average Bonchev–Trinajstić information content (AvgIpc) is 3.08. The van der Waals surface area contributed by atoms with Crippen LogP contribution in [0.3, 0.4) is 0 Å². The number of hydrogen-bond acceptors (Lipinski definition) is 4. The molecule has 0 saturated carbocycles. The Kier molecular flexibility index (Phi) is 6.01. The number of carbonyl (C=O) groups excluding carboxylic acids is 2. The summed E-state index contributed by atoms with van der Waals surface area (Å²) in [6.45, 7) is 4.76. The molecule has 28 heavy (non-hydrogen) atoms. The minimum Gasteiger partial charge on any atom is -0.456 e. The number of benzene rings is 2. The van der Waals surface area contributed by atoms with Crippen LogP contribution in [0.25, 0.3) is 21.9 Å². The van der Waals surface area contributed by atoms with E-state index in [1.54, 1.807) is 4.90 Å². The molecule has 0 radical (unpaired) electrons. The number of furan rings is 1. The summed E-state index contributed by atoms with van der Waals surface area (Å²) < 4.78 is 5.81. The van der Waals surface area contributed by atoms with Gasteiger partial charge in [-0.2, -0.15) is 0 Å². The molecule has 2 aromatic carbocycles. The van der Waals surface area contributed by atoms with Crippen molar-refractivity contribution in [2.45, 2.75) is 20.3 Å². The lowest BCUT2D eigenvalue weighted by Gasteiger charge is -2.30. The van der Waals surface area contributed by atoms with E-state index in [1.807, 2.05) is 56.3 Å². The first-order chi connectivity index (χ1) is 13.5. The molecule has 1 aliphatic heterocycles. The Balaban J connectivity index is 0.00000109. The molecular formula is C21H26N2O4P+. The number of hydrogen-bond donors (Lipinski definition) is 2. The van der Waals surface area contributed by atoms with Crippen LogP contribution in [0.1, 0.15) is 19.4 Å². The third-order valence-electron chi connectivity index (χ3n) is 5.04. The number of nitrogens with zero attached hydrogens (tertiary/aromatic N) is 1. The summed E-state index contributed by atoms with van der Waals surface area (Å²) in [5.41, 5.74) is 7.22. The maximum atomic E-state index is 12.6. The predicted octanol–water partition coefficient (Wildman–Crippen LogP) is 4.00. The van der Waals surface area contributed by atoms with Crippen molar-refractivity contribution < 1.29 is 18.9 Å². The van der Waals surface area contributed by atoms with E-state index in [1.165, 1.54) is 0 Å². The normalized spacial score (nSPS) is 15.9. The van der Waals surface area contributed by atoms with Gasteiger partial charge in [0.1, 0.15) is 23.5 Å². The second-order valence-electron chi connectivity index (χ2n) is 6.69. The van der Waals surface area contributed by atoms with Gasteiger partial charge in [-0.1, -0.05) is 38.1 Å². The van der Waals surface area contributed by atoms with Gasteiger partial charge in [-0.25, -0.2) is 9.69 Å². The van der Waals surface area contributed by atoms with Crippen molar-refractivity contribution in [2.24, 2.45) is 5.73 Å². The monoisotopic (exact) mass is 401 g/mol. The Morgan fingerprint density at radius 1 is 1.07 bits per heavy atom. The van der Waals surface area contributed by atoms with Crippen LogP contribution in [-0.4, -0.2) is 46.8 Å². The van der Waals surface area contributed by atoms with E-state index < -0.39 is 13.1 Å². The van der Waals surface area contributed by atoms with Gasteiger partial charge < -0.3 is 15.1 Å². The van der Waals surface area contributed by atoms with Crippen molar-refractivity contribution in [2.75, 3.05) is 25.4 Å². The van der Waals surface area contributed by atoms with Gasteiger partial charge in [0.2, 0.25) is 13.4 Å². The fourth-order valence-corrected chi connectivity index (χ4v) is 5.24. The van der Waals surface area contributed by atoms with Crippen LogP contribution in [-0.2, 0) is 11.2 Å². The zero-order valence-electron chi connectivity index (χ0n) is 16.2. The highest BCUT2D eigenvalue weighted by Gasteiger charge is 2.47. The highest BCUT2D eigenvalue weighted by Crippen LogP contribution is 2.55. The molecule has 148 valence electrons. The Bertz CT molecular complexity index is 1010. The van der Waals surface area contributed by atoms with E-state index in [2.05, 4.69) is 0 Å². The molecule has 1 saturated heterocycles. The molecule has 1 aromatic heterocycles. The molecule has 3 N–H and O–H groups in total. The first kappa shape index (κ1) is 20.3. The van der Waals surface area contributed by atoms with Crippen molar-refractivity contribution in [1.82, 2.24) is 4.90 Å². The third-order valence-corrected chi connectivity index (χ3v) is 7.74. The fourth-order valence-electron chi connectivity index (χ4n) is 3.44. The van der Waals surface area contributed by atoms with Crippen molar-refractivity contribution in [1.29, 1.82) is 0 Å². The van der Waals surface area contributed by atoms with E-state index in [9.17, 15) is 14.5 Å². The molecule has 0 spiro atoms. The lowest BCUT2D eigenvalue weighted by molar-refractivity contribution is -0.130. The molecule has 4 rings (SSSR count). The molecule has 1 fully saturated rings. The smallest absolute Gasteiger partial charge is 0.386 e. The summed E-state index contributed by atoms with van der Waals surface area (Å²) in [6.07, 6.45) is 0.863. The summed E-state index contributed by atoms with van der Waals surface area (Å²) in [5.74, 6) is -0.00660. The highest BCUT2D eigenvalue weighted by molar-refractivity contribution is 7.86. The summed E-state index contributed by atoms with van der Waals surface area (Å²) in [4.78, 5) is 35.9. The molecule has 7 heteroatoms. The maximum absolute atomic E-state index is 12.6. The van der Waals surface area contributed by atoms with Gasteiger partial charge in [0, 0.05) is 10.8 Å². The van der Waals surface area contributed by atoms with Crippen LogP contribution >= 0.6 is 7.49 Å². The van der Waals surface area contributed by atoms with Crippen LogP contribution in [0.5, 0.6) is 0 Å². The van der Waals surface area contributed by atoms with Crippen LogP contribution in [0.4, 0.5) is 4.79 Å². The number of nitrogens with two attached hydrogens (primary N) is 1. The molecule has 0 aliphatic carbocycles. The van der Waals surface area contributed by atoms with Crippen molar-refractivity contribution >= 4 is 41.0 Å². The molecule has 0 atom stereocenters. The van der Waals surface area contributed by atoms with Gasteiger partial charge in [-0.05, 0) is 23.8 Å². The first-order valence-corrected chi connectivity index (χ1v) is 11.7. The minimum absolute atomic E-state index is 0.00660. The van der Waals surface area contributed by atoms with Gasteiger partial charge in [-0.15, -0.1) is 0 Å². The predicted molar refractivity (Wildman–Crippen MR) is 114 cm³/mol. The minimum atomic E-state index is -2.71. The number of amides is 2. The van der Waals surface area contributed by atoms with Crippen molar-refractivity contribution in [3.05, 3.63) is 48.0 Å². The summed E-state index contributed by atoms with van der Waals surface area (Å²) >= 11 is 0. The summed E-state index contributed by atoms with van der Waals surface area (Å²) in [5, 5.41) is 2.03. The van der Waals surface area contributed by atoms with E-state index in [4.69, 9.17) is 10.2 Å². The molecule has 3 aromatic rings. The van der Waals surface area contributed by atoms with Crippen LogP contribution in [0, 0.1) is 0 Å². The van der Waals surface area contributed by atoms with E-state index in [0.717, 1.165) is 27.5 Å². The SMILES string of the molecule is CC.NC(=O)[P+]1(O)CCN(C(=O)Cc2ccc3oc4ccccc4c3c2)CC1. The van der Waals surface area contributed by atoms with E-state index in [-0.39, 0.29) is 12.3 Å². The van der Waals surface area contributed by atoms with Crippen LogP contribution < -0.4 is 5.73 Å². The zero-order chi connectivity index (χ0) is 20.3. The first-order valence-electron chi connectivity index (χ1n) is 9.54. The van der Waals surface area contributed by atoms with Crippen molar-refractivity contribution in [3.63, 3.8) is 0 Å². The Morgan fingerprint density at radius 2 is 1.71 bits per heavy atom. The third kappa shape index (κ3) is 3.89. The Hall–Kier alpha value is -2.43. The summed E-state index contributed by atoms with van der Waals surface area (Å²) in [6, 6.07) is 13.6. The second-order valence-corrected chi connectivity index (χ2v) is 9.87. The van der Waals surface area contributed by atoms with Crippen molar-refractivity contribution in [3.8, 4) is 0 Å².